The first kappa shape index (κ1) is 19.2. The molecule has 1 saturated carbocycles. The molecule has 0 N–H and O–H groups in total. The molecule has 0 spiro atoms. The van der Waals surface area contributed by atoms with Crippen LogP contribution in [0.4, 0.5) is 0 Å². The number of carbonyl (C=O) groups is 1. The first-order chi connectivity index (χ1) is 13.7. The van der Waals surface area contributed by atoms with Gasteiger partial charge < -0.3 is 9.47 Å². The summed E-state index contributed by atoms with van der Waals surface area (Å²) in [5, 5.41) is 0. The molecule has 4 rings (SSSR count). The normalized spacial score (nSPS) is 20.2. The summed E-state index contributed by atoms with van der Waals surface area (Å²) in [7, 11) is 0. The summed E-state index contributed by atoms with van der Waals surface area (Å²) in [5.41, 5.74) is 1.39. The fourth-order valence-corrected chi connectivity index (χ4v) is 4.89. The number of carbonyl (C=O) groups excluding carboxylic acids is 1. The zero-order chi connectivity index (χ0) is 19.2. The van der Waals surface area contributed by atoms with E-state index in [0.717, 1.165) is 39.3 Å². The van der Waals surface area contributed by atoms with Crippen molar-refractivity contribution in [2.24, 2.45) is 5.41 Å². The monoisotopic (exact) mass is 380 g/mol. The van der Waals surface area contributed by atoms with E-state index < -0.39 is 0 Å². The van der Waals surface area contributed by atoms with Crippen LogP contribution in [-0.4, -0.2) is 51.4 Å². The smallest absolute Gasteiger partial charge is 0.223 e. The minimum Gasteiger partial charge on any atom is -0.354 e. The van der Waals surface area contributed by atoms with Gasteiger partial charge in [-0.25, -0.2) is 0 Å². The predicted octanol–water partition coefficient (Wildman–Crippen LogP) is 3.57. The zero-order valence-corrected chi connectivity index (χ0v) is 16.8. The maximum Gasteiger partial charge on any atom is 0.223 e. The van der Waals surface area contributed by atoms with Gasteiger partial charge in [0.15, 0.2) is 0 Å². The van der Waals surface area contributed by atoms with Crippen LogP contribution >= 0.6 is 0 Å². The van der Waals surface area contributed by atoms with Gasteiger partial charge in [-0.15, -0.1) is 0 Å². The molecule has 2 aromatic rings. The molecule has 150 valence electrons. The van der Waals surface area contributed by atoms with Crippen LogP contribution in [0.25, 0.3) is 0 Å². The number of rotatable bonds is 6. The lowest BCUT2D eigenvalue weighted by atomic mass is 9.71. The Bertz CT molecular complexity index is 729. The maximum atomic E-state index is 13.2. The van der Waals surface area contributed by atoms with Crippen molar-refractivity contribution in [1.82, 2.24) is 19.4 Å². The molecule has 1 saturated heterocycles. The standard InChI is InChI=1S/C23H32N4O/c28-22(17-23(8-2-1-3-9-23)20-26-11-4-5-12-26)27-15-13-25(14-16-27)19-21-7-6-10-24-18-21/h4-7,10-12,18H,1-3,8-9,13-17,19-20H2. The number of piperazine rings is 1. The van der Waals surface area contributed by atoms with E-state index in [1.54, 1.807) is 0 Å². The van der Waals surface area contributed by atoms with Crippen LogP contribution in [0.5, 0.6) is 0 Å². The first-order valence-corrected chi connectivity index (χ1v) is 10.7. The molecule has 0 bridgehead atoms. The molecule has 1 aliphatic heterocycles. The van der Waals surface area contributed by atoms with Crippen LogP contribution in [0, 0.1) is 5.41 Å². The second-order valence-electron chi connectivity index (χ2n) is 8.61. The van der Waals surface area contributed by atoms with Crippen molar-refractivity contribution in [3.05, 3.63) is 54.6 Å². The molecule has 5 heteroatoms. The van der Waals surface area contributed by atoms with E-state index in [2.05, 4.69) is 49.9 Å². The molecule has 28 heavy (non-hydrogen) atoms. The number of hydrogen-bond acceptors (Lipinski definition) is 3. The second kappa shape index (κ2) is 8.91. The maximum absolute atomic E-state index is 13.2. The van der Waals surface area contributed by atoms with Gasteiger partial charge in [-0.05, 0) is 42.0 Å². The fraction of sp³-hybridized carbons (Fsp3) is 0.565. The molecule has 0 radical (unpaired) electrons. The Morgan fingerprint density at radius 2 is 1.75 bits per heavy atom. The number of nitrogens with zero attached hydrogens (tertiary/aromatic N) is 4. The first-order valence-electron chi connectivity index (χ1n) is 10.7. The molecule has 2 aliphatic rings. The Morgan fingerprint density at radius 3 is 2.43 bits per heavy atom. The summed E-state index contributed by atoms with van der Waals surface area (Å²) in [6.07, 6.45) is 14.9. The fourth-order valence-electron chi connectivity index (χ4n) is 4.89. The third kappa shape index (κ3) is 4.82. The average Bonchev–Trinajstić information content (AvgIpc) is 3.22. The Labute approximate surface area is 168 Å². The van der Waals surface area contributed by atoms with Gasteiger partial charge in [0.1, 0.15) is 0 Å². The van der Waals surface area contributed by atoms with Crippen LogP contribution in [0.3, 0.4) is 0 Å². The van der Waals surface area contributed by atoms with Crippen molar-refractivity contribution in [2.45, 2.75) is 51.6 Å². The Kier molecular flexibility index (Phi) is 6.10. The van der Waals surface area contributed by atoms with E-state index in [1.165, 1.54) is 37.7 Å². The summed E-state index contributed by atoms with van der Waals surface area (Å²) in [6, 6.07) is 8.28. The molecule has 1 aliphatic carbocycles. The highest BCUT2D eigenvalue weighted by Gasteiger charge is 2.36. The van der Waals surface area contributed by atoms with E-state index in [-0.39, 0.29) is 5.41 Å². The van der Waals surface area contributed by atoms with Gasteiger partial charge in [0.05, 0.1) is 0 Å². The summed E-state index contributed by atoms with van der Waals surface area (Å²) in [6.45, 7) is 5.49. The molecule has 1 amide bonds. The van der Waals surface area contributed by atoms with Gasteiger partial charge in [-0.2, -0.15) is 0 Å². The summed E-state index contributed by atoms with van der Waals surface area (Å²) >= 11 is 0. The van der Waals surface area contributed by atoms with Crippen molar-refractivity contribution in [3.63, 3.8) is 0 Å². The number of aromatic nitrogens is 2. The summed E-state index contributed by atoms with van der Waals surface area (Å²) in [5.74, 6) is 0.357. The minimum atomic E-state index is 0.140. The zero-order valence-electron chi connectivity index (χ0n) is 16.8. The van der Waals surface area contributed by atoms with E-state index in [4.69, 9.17) is 0 Å². The largest absolute Gasteiger partial charge is 0.354 e. The van der Waals surface area contributed by atoms with E-state index >= 15 is 0 Å². The number of amides is 1. The lowest BCUT2D eigenvalue weighted by Gasteiger charge is -2.40. The number of pyridine rings is 1. The Hall–Kier alpha value is -2.14. The van der Waals surface area contributed by atoms with Crippen LogP contribution in [-0.2, 0) is 17.9 Å². The highest BCUT2D eigenvalue weighted by Crippen LogP contribution is 2.41. The lowest BCUT2D eigenvalue weighted by molar-refractivity contribution is -0.136. The van der Waals surface area contributed by atoms with Gasteiger partial charge in [-0.3, -0.25) is 14.7 Å². The Balaban J connectivity index is 1.32. The third-order valence-electron chi connectivity index (χ3n) is 6.48. The van der Waals surface area contributed by atoms with Gasteiger partial charge in [0, 0.05) is 70.5 Å². The molecule has 3 heterocycles. The minimum absolute atomic E-state index is 0.140. The van der Waals surface area contributed by atoms with Crippen molar-refractivity contribution in [2.75, 3.05) is 26.2 Å². The molecule has 0 unspecified atom stereocenters. The molecule has 0 atom stereocenters. The van der Waals surface area contributed by atoms with Gasteiger partial charge in [0.2, 0.25) is 5.91 Å². The van der Waals surface area contributed by atoms with Gasteiger partial charge in [0.25, 0.3) is 0 Å². The second-order valence-corrected chi connectivity index (χ2v) is 8.61. The third-order valence-corrected chi connectivity index (χ3v) is 6.48. The van der Waals surface area contributed by atoms with E-state index in [0.29, 0.717) is 12.3 Å². The molecule has 0 aromatic carbocycles. The van der Waals surface area contributed by atoms with Crippen LogP contribution in [0.2, 0.25) is 0 Å². The highest BCUT2D eigenvalue weighted by atomic mass is 16.2. The highest BCUT2D eigenvalue weighted by molar-refractivity contribution is 5.77. The molecular formula is C23H32N4O. The topological polar surface area (TPSA) is 41.4 Å². The van der Waals surface area contributed by atoms with Gasteiger partial charge in [-0.1, -0.05) is 25.3 Å². The summed E-state index contributed by atoms with van der Waals surface area (Å²) < 4.78 is 2.27. The van der Waals surface area contributed by atoms with Crippen molar-refractivity contribution in [1.29, 1.82) is 0 Å². The molecular weight excluding hydrogens is 348 g/mol. The van der Waals surface area contributed by atoms with Crippen LogP contribution < -0.4 is 0 Å². The van der Waals surface area contributed by atoms with Crippen LogP contribution in [0.1, 0.15) is 44.1 Å². The molecule has 2 aromatic heterocycles. The average molecular weight is 381 g/mol. The predicted molar refractivity (Wildman–Crippen MR) is 111 cm³/mol. The number of hydrogen-bond donors (Lipinski definition) is 0. The quantitative estimate of drug-likeness (QED) is 0.769. The van der Waals surface area contributed by atoms with Gasteiger partial charge >= 0.3 is 0 Å². The van der Waals surface area contributed by atoms with E-state index in [9.17, 15) is 4.79 Å². The SMILES string of the molecule is O=C(CC1(Cn2cccc2)CCCCC1)N1CCN(Cc2cccnc2)CC1. The Morgan fingerprint density at radius 1 is 1.00 bits per heavy atom. The van der Waals surface area contributed by atoms with Crippen molar-refractivity contribution in [3.8, 4) is 0 Å². The summed E-state index contributed by atoms with van der Waals surface area (Å²) in [4.78, 5) is 21.9. The lowest BCUT2D eigenvalue weighted by Crippen LogP contribution is -2.49. The van der Waals surface area contributed by atoms with Crippen molar-refractivity contribution < 1.29 is 4.79 Å². The molecule has 2 fully saturated rings. The molecule has 5 nitrogen and oxygen atoms in total. The van der Waals surface area contributed by atoms with E-state index in [1.807, 2.05) is 18.5 Å². The van der Waals surface area contributed by atoms with Crippen molar-refractivity contribution >= 4 is 5.91 Å². The van der Waals surface area contributed by atoms with Crippen LogP contribution in [0.15, 0.2) is 49.1 Å².